The van der Waals surface area contributed by atoms with Gasteiger partial charge in [0.15, 0.2) is 5.76 Å². The zero-order valence-corrected chi connectivity index (χ0v) is 10.9. The van der Waals surface area contributed by atoms with E-state index >= 15 is 0 Å². The number of ether oxygens (including phenoxy) is 1. The number of thiophene rings is 1. The molecule has 0 amide bonds. The van der Waals surface area contributed by atoms with Crippen LogP contribution in [0.3, 0.4) is 0 Å². The molecule has 0 aliphatic carbocycles. The molecule has 2 rings (SSSR count). The molecule has 2 heterocycles. The molecule has 0 N–H and O–H groups in total. The first-order valence-electron chi connectivity index (χ1n) is 5.36. The predicted octanol–water partition coefficient (Wildman–Crippen LogP) is 2.60. The van der Waals surface area contributed by atoms with Crippen molar-refractivity contribution in [1.29, 1.82) is 0 Å². The maximum absolute atomic E-state index is 12.1. The lowest BCUT2D eigenvalue weighted by Gasteiger charge is -1.96. The Labute approximate surface area is 108 Å². The molecule has 0 spiro atoms. The minimum atomic E-state index is -0.315. The summed E-state index contributed by atoms with van der Waals surface area (Å²) in [6.45, 7) is 1.82. The second-order valence-corrected chi connectivity index (χ2v) is 4.95. The monoisotopic (exact) mass is 264 g/mol. The van der Waals surface area contributed by atoms with Crippen molar-refractivity contribution < 1.29 is 18.7 Å². The van der Waals surface area contributed by atoms with Crippen molar-refractivity contribution in [2.45, 2.75) is 13.3 Å². The third-order valence-corrected chi connectivity index (χ3v) is 3.58. The Balaban J connectivity index is 2.18. The number of hydrogen-bond donors (Lipinski definition) is 0. The number of methoxy groups -OCH3 is 1. The van der Waals surface area contributed by atoms with Gasteiger partial charge in [-0.3, -0.25) is 9.59 Å². The van der Waals surface area contributed by atoms with Gasteiger partial charge in [-0.1, -0.05) is 0 Å². The molecule has 0 aliphatic heterocycles. The molecule has 0 bridgehead atoms. The highest BCUT2D eigenvalue weighted by molar-refractivity contribution is 7.14. The fourth-order valence-corrected chi connectivity index (χ4v) is 2.46. The van der Waals surface area contributed by atoms with Crippen LogP contribution in [0.1, 0.15) is 25.9 Å². The van der Waals surface area contributed by atoms with Gasteiger partial charge in [0, 0.05) is 4.88 Å². The smallest absolute Gasteiger partial charge is 0.310 e. The lowest BCUT2D eigenvalue weighted by atomic mass is 10.2. The molecular formula is C13H12O4S. The Morgan fingerprint density at radius 3 is 2.72 bits per heavy atom. The summed E-state index contributed by atoms with van der Waals surface area (Å²) < 4.78 is 9.74. The fourth-order valence-electron chi connectivity index (χ4n) is 1.53. The third-order valence-electron chi connectivity index (χ3n) is 2.50. The van der Waals surface area contributed by atoms with Crippen molar-refractivity contribution in [2.24, 2.45) is 0 Å². The van der Waals surface area contributed by atoms with Crippen LogP contribution in [0.5, 0.6) is 0 Å². The van der Waals surface area contributed by atoms with E-state index in [9.17, 15) is 9.59 Å². The Morgan fingerprint density at radius 1 is 1.33 bits per heavy atom. The van der Waals surface area contributed by atoms with E-state index in [2.05, 4.69) is 4.74 Å². The van der Waals surface area contributed by atoms with Gasteiger partial charge in [-0.2, -0.15) is 0 Å². The van der Waals surface area contributed by atoms with Crippen LogP contribution < -0.4 is 0 Å². The van der Waals surface area contributed by atoms with Crippen molar-refractivity contribution in [3.8, 4) is 0 Å². The molecule has 0 saturated carbocycles. The molecule has 0 unspecified atom stereocenters. The summed E-state index contributed by atoms with van der Waals surface area (Å²) in [6.07, 6.45) is 1.68. The van der Waals surface area contributed by atoms with Crippen molar-refractivity contribution in [3.05, 3.63) is 45.5 Å². The molecule has 0 saturated heterocycles. The number of aryl methyl sites for hydroxylation is 1. The minimum Gasteiger partial charge on any atom is -0.469 e. The Kier molecular flexibility index (Phi) is 3.62. The average molecular weight is 264 g/mol. The van der Waals surface area contributed by atoms with Crippen LogP contribution in [0, 0.1) is 6.92 Å². The maximum atomic E-state index is 12.1. The number of esters is 1. The van der Waals surface area contributed by atoms with Crippen LogP contribution in [0.25, 0.3) is 0 Å². The number of hydrogen-bond acceptors (Lipinski definition) is 5. The number of carbonyl (C=O) groups is 2. The standard InChI is InChI=1S/C13H12O4S/c1-8-5-6-17-13(8)12(15)10-4-3-9(18-10)7-11(14)16-2/h3-6H,7H2,1-2H3. The molecule has 18 heavy (non-hydrogen) atoms. The fraction of sp³-hybridized carbons (Fsp3) is 0.231. The van der Waals surface area contributed by atoms with Gasteiger partial charge in [0.05, 0.1) is 24.7 Å². The van der Waals surface area contributed by atoms with Crippen molar-refractivity contribution in [3.63, 3.8) is 0 Å². The highest BCUT2D eigenvalue weighted by Gasteiger charge is 2.17. The van der Waals surface area contributed by atoms with Gasteiger partial charge in [0.1, 0.15) is 0 Å². The molecule has 2 aromatic rings. The summed E-state index contributed by atoms with van der Waals surface area (Å²) in [5.74, 6) is -0.120. The minimum absolute atomic E-state index is 0.154. The molecule has 94 valence electrons. The van der Waals surface area contributed by atoms with Crippen LogP contribution in [-0.2, 0) is 16.0 Å². The van der Waals surface area contributed by atoms with E-state index in [0.29, 0.717) is 10.6 Å². The molecule has 0 aromatic carbocycles. The summed E-state index contributed by atoms with van der Waals surface area (Å²) >= 11 is 1.28. The summed E-state index contributed by atoms with van der Waals surface area (Å²) in [6, 6.07) is 5.20. The Bertz CT molecular complexity index is 579. The summed E-state index contributed by atoms with van der Waals surface area (Å²) in [5.41, 5.74) is 0.808. The highest BCUT2D eigenvalue weighted by Crippen LogP contribution is 2.22. The first-order valence-corrected chi connectivity index (χ1v) is 6.17. The lowest BCUT2D eigenvalue weighted by Crippen LogP contribution is -2.02. The summed E-state index contributed by atoms with van der Waals surface area (Å²) in [7, 11) is 1.34. The Hall–Kier alpha value is -1.88. The first kappa shape index (κ1) is 12.6. The quantitative estimate of drug-likeness (QED) is 0.629. The van der Waals surface area contributed by atoms with E-state index in [4.69, 9.17) is 4.42 Å². The van der Waals surface area contributed by atoms with E-state index in [0.717, 1.165) is 10.4 Å². The van der Waals surface area contributed by atoms with Crippen LogP contribution >= 0.6 is 11.3 Å². The van der Waals surface area contributed by atoms with Gasteiger partial charge >= 0.3 is 5.97 Å². The second-order valence-electron chi connectivity index (χ2n) is 3.78. The topological polar surface area (TPSA) is 56.5 Å². The van der Waals surface area contributed by atoms with Gasteiger partial charge in [-0.25, -0.2) is 0 Å². The molecule has 0 fully saturated rings. The highest BCUT2D eigenvalue weighted by atomic mass is 32.1. The Morgan fingerprint density at radius 2 is 2.11 bits per heavy atom. The predicted molar refractivity (Wildman–Crippen MR) is 66.9 cm³/mol. The van der Waals surface area contributed by atoms with E-state index < -0.39 is 0 Å². The third kappa shape index (κ3) is 2.51. The first-order chi connectivity index (χ1) is 8.61. The van der Waals surface area contributed by atoms with Crippen LogP contribution in [0.2, 0.25) is 0 Å². The number of carbonyl (C=O) groups excluding carboxylic acids is 2. The SMILES string of the molecule is COC(=O)Cc1ccc(C(=O)c2occc2C)s1. The van der Waals surface area contributed by atoms with E-state index in [-0.39, 0.29) is 18.2 Å². The maximum Gasteiger partial charge on any atom is 0.310 e. The summed E-state index contributed by atoms with van der Waals surface area (Å²) in [5, 5.41) is 0. The van der Waals surface area contributed by atoms with Crippen molar-refractivity contribution in [2.75, 3.05) is 7.11 Å². The molecule has 2 aromatic heterocycles. The van der Waals surface area contributed by atoms with Gasteiger partial charge < -0.3 is 9.15 Å². The summed E-state index contributed by atoms with van der Waals surface area (Å²) in [4.78, 5) is 24.6. The molecule has 4 nitrogen and oxygen atoms in total. The van der Waals surface area contributed by atoms with Gasteiger partial charge in [0.25, 0.3) is 0 Å². The number of furan rings is 1. The normalized spacial score (nSPS) is 10.3. The molecule has 0 aliphatic rings. The van der Waals surface area contributed by atoms with E-state index in [1.165, 1.54) is 24.7 Å². The zero-order chi connectivity index (χ0) is 13.1. The molecule has 0 radical (unpaired) electrons. The van der Waals surface area contributed by atoms with E-state index in [1.807, 2.05) is 6.92 Å². The zero-order valence-electron chi connectivity index (χ0n) is 10.1. The van der Waals surface area contributed by atoms with Crippen LogP contribution in [0.15, 0.2) is 28.9 Å². The number of rotatable bonds is 4. The molecule has 5 heteroatoms. The van der Waals surface area contributed by atoms with Gasteiger partial charge in [0.2, 0.25) is 5.78 Å². The van der Waals surface area contributed by atoms with Crippen LogP contribution in [0.4, 0.5) is 0 Å². The molecule has 0 atom stereocenters. The second kappa shape index (κ2) is 5.18. The van der Waals surface area contributed by atoms with Crippen molar-refractivity contribution in [1.82, 2.24) is 0 Å². The van der Waals surface area contributed by atoms with E-state index in [1.54, 1.807) is 18.2 Å². The lowest BCUT2D eigenvalue weighted by molar-refractivity contribution is -0.139. The molecular weight excluding hydrogens is 252 g/mol. The van der Waals surface area contributed by atoms with Crippen molar-refractivity contribution >= 4 is 23.1 Å². The average Bonchev–Trinajstić information content (AvgIpc) is 2.97. The number of ketones is 1. The van der Waals surface area contributed by atoms with Gasteiger partial charge in [-0.05, 0) is 30.7 Å². The van der Waals surface area contributed by atoms with Crippen LogP contribution in [-0.4, -0.2) is 18.9 Å². The largest absolute Gasteiger partial charge is 0.469 e. The van der Waals surface area contributed by atoms with Gasteiger partial charge in [-0.15, -0.1) is 11.3 Å².